The van der Waals surface area contributed by atoms with Crippen LogP contribution in [0.4, 0.5) is 10.5 Å². The molecule has 0 unspecified atom stereocenters. The maximum atomic E-state index is 12.3. The number of piperidine rings is 2. The van der Waals surface area contributed by atoms with Gasteiger partial charge in [-0.2, -0.15) is 0 Å². The third-order valence-corrected chi connectivity index (χ3v) is 5.49. The van der Waals surface area contributed by atoms with Gasteiger partial charge in [0, 0.05) is 37.9 Å². The average molecular weight is 361 g/mol. The standard InChI is InChI=1S/C20H32N4O2/c1-2-22-20(25)24-12-6-9-18(21)19(24)15-26-17-10-13-23(14-11-17)16-7-4-3-5-8-16/h3-5,7-8,17-19H,2,6,9-15,21H2,1H3,(H,22,25)/t18-,19-/m0/s1. The number of nitrogens with one attached hydrogen (secondary N) is 1. The van der Waals surface area contributed by atoms with Crippen molar-refractivity contribution in [3.8, 4) is 0 Å². The van der Waals surface area contributed by atoms with Gasteiger partial charge in [-0.25, -0.2) is 4.79 Å². The van der Waals surface area contributed by atoms with Gasteiger partial charge in [0.15, 0.2) is 0 Å². The van der Waals surface area contributed by atoms with Crippen molar-refractivity contribution >= 4 is 11.7 Å². The molecule has 26 heavy (non-hydrogen) atoms. The molecule has 2 aliphatic rings. The first-order valence-electron chi connectivity index (χ1n) is 9.90. The van der Waals surface area contributed by atoms with Gasteiger partial charge in [0.25, 0.3) is 0 Å². The van der Waals surface area contributed by atoms with Gasteiger partial charge >= 0.3 is 6.03 Å². The molecule has 0 radical (unpaired) electrons. The van der Waals surface area contributed by atoms with Crippen LogP contribution < -0.4 is 16.0 Å². The van der Waals surface area contributed by atoms with Crippen LogP contribution in [0.2, 0.25) is 0 Å². The van der Waals surface area contributed by atoms with Crippen molar-refractivity contribution in [2.45, 2.75) is 50.8 Å². The van der Waals surface area contributed by atoms with E-state index in [1.807, 2.05) is 17.9 Å². The van der Waals surface area contributed by atoms with Gasteiger partial charge in [0.2, 0.25) is 0 Å². The lowest BCUT2D eigenvalue weighted by Crippen LogP contribution is -2.59. The summed E-state index contributed by atoms with van der Waals surface area (Å²) in [7, 11) is 0. The third kappa shape index (κ3) is 4.68. The van der Waals surface area contributed by atoms with E-state index < -0.39 is 0 Å². The lowest BCUT2D eigenvalue weighted by Gasteiger charge is -2.41. The number of nitrogens with zero attached hydrogens (tertiary/aromatic N) is 2. The van der Waals surface area contributed by atoms with Gasteiger partial charge in [-0.05, 0) is 44.7 Å². The predicted octanol–water partition coefficient (Wildman–Crippen LogP) is 2.19. The lowest BCUT2D eigenvalue weighted by molar-refractivity contribution is -0.00812. The molecule has 3 N–H and O–H groups in total. The van der Waals surface area contributed by atoms with Crippen molar-refractivity contribution in [3.63, 3.8) is 0 Å². The molecule has 2 fully saturated rings. The molecule has 1 aromatic rings. The van der Waals surface area contributed by atoms with Gasteiger partial charge < -0.3 is 25.6 Å². The Morgan fingerprint density at radius 1 is 1.19 bits per heavy atom. The number of likely N-dealkylation sites (tertiary alicyclic amines) is 1. The van der Waals surface area contributed by atoms with E-state index in [0.29, 0.717) is 13.2 Å². The molecule has 6 heteroatoms. The smallest absolute Gasteiger partial charge is 0.317 e. The molecule has 0 aliphatic carbocycles. The Kier molecular flexibility index (Phi) is 6.74. The summed E-state index contributed by atoms with van der Waals surface area (Å²) in [6.45, 7) is 5.88. The molecule has 1 aromatic carbocycles. The highest BCUT2D eigenvalue weighted by Crippen LogP contribution is 2.23. The first kappa shape index (κ1) is 19.0. The van der Waals surface area contributed by atoms with E-state index in [0.717, 1.165) is 45.3 Å². The van der Waals surface area contributed by atoms with Gasteiger partial charge in [-0.15, -0.1) is 0 Å². The van der Waals surface area contributed by atoms with E-state index in [1.54, 1.807) is 0 Å². The second kappa shape index (κ2) is 9.24. The highest BCUT2D eigenvalue weighted by molar-refractivity contribution is 5.74. The summed E-state index contributed by atoms with van der Waals surface area (Å²) in [5.74, 6) is 0. The fraction of sp³-hybridized carbons (Fsp3) is 0.650. The zero-order valence-electron chi connectivity index (χ0n) is 15.8. The van der Waals surface area contributed by atoms with Crippen molar-refractivity contribution in [1.82, 2.24) is 10.2 Å². The maximum absolute atomic E-state index is 12.3. The molecule has 0 saturated carbocycles. The molecular formula is C20H32N4O2. The van der Waals surface area contributed by atoms with Crippen LogP contribution in [-0.4, -0.2) is 61.9 Å². The fourth-order valence-electron chi connectivity index (χ4n) is 3.96. The third-order valence-electron chi connectivity index (χ3n) is 5.49. The van der Waals surface area contributed by atoms with Crippen molar-refractivity contribution < 1.29 is 9.53 Å². The molecule has 3 rings (SSSR count). The number of benzene rings is 1. The number of nitrogens with two attached hydrogens (primary N) is 1. The minimum atomic E-state index is -0.0255. The van der Waals surface area contributed by atoms with Crippen LogP contribution in [0.15, 0.2) is 30.3 Å². The number of amides is 2. The molecule has 2 atom stereocenters. The number of para-hydroxylation sites is 1. The Morgan fingerprint density at radius 3 is 2.62 bits per heavy atom. The van der Waals surface area contributed by atoms with Crippen LogP contribution >= 0.6 is 0 Å². The Hall–Kier alpha value is -1.79. The molecule has 0 spiro atoms. The Morgan fingerprint density at radius 2 is 1.92 bits per heavy atom. The molecule has 0 bridgehead atoms. The quantitative estimate of drug-likeness (QED) is 0.844. The van der Waals surface area contributed by atoms with E-state index >= 15 is 0 Å². The van der Waals surface area contributed by atoms with Crippen LogP contribution in [0.25, 0.3) is 0 Å². The van der Waals surface area contributed by atoms with Crippen molar-refractivity contribution in [2.75, 3.05) is 37.7 Å². The number of carbonyl (C=O) groups excluding carboxylic acids is 1. The van der Waals surface area contributed by atoms with Gasteiger partial charge in [0.1, 0.15) is 0 Å². The van der Waals surface area contributed by atoms with Gasteiger partial charge in [-0.1, -0.05) is 18.2 Å². The average Bonchev–Trinajstić information content (AvgIpc) is 2.68. The van der Waals surface area contributed by atoms with E-state index in [2.05, 4.69) is 34.5 Å². The monoisotopic (exact) mass is 360 g/mol. The summed E-state index contributed by atoms with van der Waals surface area (Å²) in [4.78, 5) is 16.6. The molecule has 2 amide bonds. The van der Waals surface area contributed by atoms with Crippen LogP contribution in [0.1, 0.15) is 32.6 Å². The van der Waals surface area contributed by atoms with Crippen molar-refractivity contribution in [3.05, 3.63) is 30.3 Å². The normalized spacial score (nSPS) is 24.5. The molecule has 2 aliphatic heterocycles. The molecule has 2 heterocycles. The fourth-order valence-corrected chi connectivity index (χ4v) is 3.96. The number of rotatable bonds is 5. The second-order valence-corrected chi connectivity index (χ2v) is 7.26. The van der Waals surface area contributed by atoms with E-state index in [-0.39, 0.29) is 24.2 Å². The minimum Gasteiger partial charge on any atom is -0.376 e. The number of anilines is 1. The van der Waals surface area contributed by atoms with Crippen LogP contribution in [0, 0.1) is 0 Å². The Balaban J connectivity index is 1.49. The Labute approximate surface area is 156 Å². The summed E-state index contributed by atoms with van der Waals surface area (Å²) in [6, 6.07) is 10.5. The molecule has 2 saturated heterocycles. The number of hydrogen-bond acceptors (Lipinski definition) is 4. The molecule has 144 valence electrons. The van der Waals surface area contributed by atoms with Gasteiger partial charge in [0.05, 0.1) is 18.8 Å². The lowest BCUT2D eigenvalue weighted by atomic mass is 9.97. The highest BCUT2D eigenvalue weighted by Gasteiger charge is 2.33. The zero-order chi connectivity index (χ0) is 18.4. The van der Waals surface area contributed by atoms with Crippen molar-refractivity contribution in [2.24, 2.45) is 5.73 Å². The first-order valence-corrected chi connectivity index (χ1v) is 9.90. The zero-order valence-corrected chi connectivity index (χ0v) is 15.8. The minimum absolute atomic E-state index is 0.00392. The molecule has 0 aromatic heterocycles. The van der Waals surface area contributed by atoms with Crippen LogP contribution in [0.5, 0.6) is 0 Å². The predicted molar refractivity (Wildman–Crippen MR) is 104 cm³/mol. The van der Waals surface area contributed by atoms with Gasteiger partial charge in [-0.3, -0.25) is 0 Å². The first-order chi connectivity index (χ1) is 12.7. The van der Waals surface area contributed by atoms with Crippen LogP contribution in [0.3, 0.4) is 0 Å². The summed E-state index contributed by atoms with van der Waals surface area (Å²) >= 11 is 0. The second-order valence-electron chi connectivity index (χ2n) is 7.26. The molecule has 6 nitrogen and oxygen atoms in total. The Bertz CT molecular complexity index is 560. The van der Waals surface area contributed by atoms with E-state index in [1.165, 1.54) is 5.69 Å². The number of hydrogen-bond donors (Lipinski definition) is 2. The van der Waals surface area contributed by atoms with E-state index in [4.69, 9.17) is 10.5 Å². The van der Waals surface area contributed by atoms with E-state index in [9.17, 15) is 4.79 Å². The summed E-state index contributed by atoms with van der Waals surface area (Å²) < 4.78 is 6.21. The maximum Gasteiger partial charge on any atom is 0.317 e. The topological polar surface area (TPSA) is 70.8 Å². The summed E-state index contributed by atoms with van der Waals surface area (Å²) in [5, 5.41) is 2.90. The summed E-state index contributed by atoms with van der Waals surface area (Å²) in [5.41, 5.74) is 7.59. The largest absolute Gasteiger partial charge is 0.376 e. The van der Waals surface area contributed by atoms with Crippen molar-refractivity contribution in [1.29, 1.82) is 0 Å². The van der Waals surface area contributed by atoms with Crippen LogP contribution in [-0.2, 0) is 4.74 Å². The molecular weight excluding hydrogens is 328 g/mol. The number of carbonyl (C=O) groups is 1. The number of ether oxygens (including phenoxy) is 1. The number of urea groups is 1. The summed E-state index contributed by atoms with van der Waals surface area (Å²) in [6.07, 6.45) is 4.19. The highest BCUT2D eigenvalue weighted by atomic mass is 16.5. The SMILES string of the molecule is CCNC(=O)N1CCC[C@H](N)[C@@H]1COC1CCN(c2ccccc2)CC1.